The van der Waals surface area contributed by atoms with E-state index in [2.05, 4.69) is 5.32 Å². The number of ether oxygens (including phenoxy) is 2. The number of benzene rings is 3. The van der Waals surface area contributed by atoms with E-state index in [1.54, 1.807) is 54.5 Å². The second-order valence-electron chi connectivity index (χ2n) is 9.90. The van der Waals surface area contributed by atoms with Crippen LogP contribution in [0.5, 0.6) is 11.5 Å². The van der Waals surface area contributed by atoms with Crippen LogP contribution in [0, 0.1) is 5.82 Å². The number of carbonyl (C=O) groups excluding carboxylic acids is 2. The summed E-state index contributed by atoms with van der Waals surface area (Å²) in [5.41, 5.74) is 1.93. The number of urea groups is 1. The third kappa shape index (κ3) is 5.60. The van der Waals surface area contributed by atoms with Gasteiger partial charge in [0, 0.05) is 24.2 Å². The maximum absolute atomic E-state index is 14.5. The number of hydrogen-bond acceptors (Lipinski definition) is 5. The predicted octanol–water partition coefficient (Wildman–Crippen LogP) is 5.37. The fraction of sp³-hybridized carbons (Fsp3) is 0.300. The first-order valence-corrected chi connectivity index (χ1v) is 13.4. The van der Waals surface area contributed by atoms with Crippen LogP contribution >= 0.6 is 11.6 Å². The molecule has 2 aliphatic rings. The highest BCUT2D eigenvalue weighted by molar-refractivity contribution is 6.30. The van der Waals surface area contributed by atoms with Crippen LogP contribution in [0.3, 0.4) is 0 Å². The van der Waals surface area contributed by atoms with Crippen LogP contribution in [0.4, 0.5) is 9.18 Å². The Kier molecular flexibility index (Phi) is 7.93. The molecule has 0 aromatic heterocycles. The Morgan fingerprint density at radius 1 is 1.10 bits per heavy atom. The third-order valence-electron chi connectivity index (χ3n) is 6.78. The van der Waals surface area contributed by atoms with E-state index < -0.39 is 23.9 Å². The van der Waals surface area contributed by atoms with Gasteiger partial charge in [-0.3, -0.25) is 14.7 Å². The van der Waals surface area contributed by atoms with Crippen molar-refractivity contribution in [2.45, 2.75) is 32.0 Å². The van der Waals surface area contributed by atoms with Crippen molar-refractivity contribution in [2.24, 2.45) is 4.99 Å². The lowest BCUT2D eigenvalue weighted by Crippen LogP contribution is -2.55. The molecule has 5 rings (SSSR count). The lowest BCUT2D eigenvalue weighted by molar-refractivity contribution is -0.123. The Balaban J connectivity index is 1.72. The van der Waals surface area contributed by atoms with Gasteiger partial charge in [-0.1, -0.05) is 35.9 Å². The Morgan fingerprint density at radius 2 is 1.88 bits per heavy atom. The van der Waals surface area contributed by atoms with Crippen molar-refractivity contribution in [1.82, 2.24) is 15.1 Å². The van der Waals surface area contributed by atoms with Crippen molar-refractivity contribution in [3.05, 3.63) is 94.3 Å². The summed E-state index contributed by atoms with van der Waals surface area (Å²) in [4.78, 5) is 34.7. The minimum absolute atomic E-state index is 0.0848. The molecule has 0 bridgehead atoms. The zero-order valence-electron chi connectivity index (χ0n) is 22.4. The summed E-state index contributed by atoms with van der Waals surface area (Å²) in [6, 6.07) is 17.0. The summed E-state index contributed by atoms with van der Waals surface area (Å²) in [5, 5.41) is 3.30. The standard InChI is InChI=1S/C30H30ClFN4O4/c1-18(2)40-25-16-23(39-3)11-12-24(25)29-34-27(20-5-4-6-22(32)15-20)28(19-7-9-21(31)10-8-19)36(29)30(38)35-14-13-33-26(37)17-35/h4-12,15-16,18,27-28H,13-14,17H2,1-3H3,(H,33,37)/t27-,28+/m0/s1. The number of carbonyl (C=O) groups is 2. The summed E-state index contributed by atoms with van der Waals surface area (Å²) in [7, 11) is 1.56. The van der Waals surface area contributed by atoms with E-state index in [-0.39, 0.29) is 18.6 Å². The molecule has 2 atom stereocenters. The highest BCUT2D eigenvalue weighted by atomic mass is 35.5. The smallest absolute Gasteiger partial charge is 0.326 e. The van der Waals surface area contributed by atoms with Crippen molar-refractivity contribution in [3.63, 3.8) is 0 Å². The second kappa shape index (κ2) is 11.6. The molecule has 10 heteroatoms. The number of piperazine rings is 1. The molecule has 1 fully saturated rings. The lowest BCUT2D eigenvalue weighted by atomic mass is 9.93. The molecule has 40 heavy (non-hydrogen) atoms. The first-order valence-electron chi connectivity index (χ1n) is 13.0. The van der Waals surface area contributed by atoms with Gasteiger partial charge in [0.15, 0.2) is 0 Å². The van der Waals surface area contributed by atoms with Gasteiger partial charge in [0.05, 0.1) is 24.8 Å². The Morgan fingerprint density at radius 3 is 2.55 bits per heavy atom. The van der Waals surface area contributed by atoms with Crippen LogP contribution < -0.4 is 14.8 Å². The number of rotatable bonds is 6. The minimum Gasteiger partial charge on any atom is -0.497 e. The number of halogens is 2. The van der Waals surface area contributed by atoms with E-state index >= 15 is 0 Å². The van der Waals surface area contributed by atoms with E-state index in [1.807, 2.05) is 26.0 Å². The van der Waals surface area contributed by atoms with E-state index in [0.29, 0.717) is 46.6 Å². The molecule has 208 valence electrons. The van der Waals surface area contributed by atoms with Gasteiger partial charge in [-0.15, -0.1) is 0 Å². The average molecular weight is 565 g/mol. The molecule has 0 spiro atoms. The molecule has 0 unspecified atom stereocenters. The van der Waals surface area contributed by atoms with Gasteiger partial charge in [-0.05, 0) is 61.4 Å². The first kappa shape index (κ1) is 27.5. The molecular weight excluding hydrogens is 535 g/mol. The lowest BCUT2D eigenvalue weighted by Gasteiger charge is -2.36. The maximum Gasteiger partial charge on any atom is 0.326 e. The van der Waals surface area contributed by atoms with E-state index in [4.69, 9.17) is 26.1 Å². The van der Waals surface area contributed by atoms with Gasteiger partial charge in [-0.25, -0.2) is 9.18 Å². The van der Waals surface area contributed by atoms with Crippen molar-refractivity contribution in [1.29, 1.82) is 0 Å². The van der Waals surface area contributed by atoms with Crippen molar-refractivity contribution in [2.75, 3.05) is 26.7 Å². The third-order valence-corrected chi connectivity index (χ3v) is 7.03. The zero-order valence-corrected chi connectivity index (χ0v) is 23.2. The molecule has 0 aliphatic carbocycles. The quantitative estimate of drug-likeness (QED) is 0.436. The van der Waals surface area contributed by atoms with Gasteiger partial charge < -0.3 is 19.7 Å². The van der Waals surface area contributed by atoms with Crippen LogP contribution in [0.15, 0.2) is 71.7 Å². The second-order valence-corrected chi connectivity index (χ2v) is 10.3. The fourth-order valence-electron chi connectivity index (χ4n) is 5.01. The molecule has 3 aromatic carbocycles. The largest absolute Gasteiger partial charge is 0.497 e. The molecule has 8 nitrogen and oxygen atoms in total. The highest BCUT2D eigenvalue weighted by Gasteiger charge is 2.45. The van der Waals surface area contributed by atoms with Crippen molar-refractivity contribution < 1.29 is 23.5 Å². The number of nitrogens with one attached hydrogen (secondary N) is 1. The molecule has 0 radical (unpaired) electrons. The molecule has 2 heterocycles. The van der Waals surface area contributed by atoms with E-state index in [1.165, 1.54) is 17.0 Å². The Hall–Kier alpha value is -4.11. The van der Waals surface area contributed by atoms with E-state index in [0.717, 1.165) is 5.56 Å². The molecule has 2 aliphatic heterocycles. The molecule has 1 saturated heterocycles. The summed E-state index contributed by atoms with van der Waals surface area (Å²) in [6.07, 6.45) is -0.172. The van der Waals surface area contributed by atoms with Gasteiger partial charge in [0.1, 0.15) is 35.7 Å². The summed E-state index contributed by atoms with van der Waals surface area (Å²) < 4.78 is 26.1. The number of aliphatic imine (C=N–C) groups is 1. The van der Waals surface area contributed by atoms with Gasteiger partial charge in [0.2, 0.25) is 5.91 Å². The molecule has 3 aromatic rings. The van der Waals surface area contributed by atoms with E-state index in [9.17, 15) is 14.0 Å². The van der Waals surface area contributed by atoms with Gasteiger partial charge in [0.25, 0.3) is 0 Å². The summed E-state index contributed by atoms with van der Waals surface area (Å²) >= 11 is 6.21. The Bertz CT molecular complexity index is 1450. The van der Waals surface area contributed by atoms with Crippen LogP contribution in [0.1, 0.15) is 42.6 Å². The van der Waals surface area contributed by atoms with Gasteiger partial charge >= 0.3 is 6.03 Å². The van der Waals surface area contributed by atoms with Crippen molar-refractivity contribution >= 4 is 29.4 Å². The fourth-order valence-corrected chi connectivity index (χ4v) is 5.13. The summed E-state index contributed by atoms with van der Waals surface area (Å²) in [6.45, 7) is 4.40. The van der Waals surface area contributed by atoms with Crippen LogP contribution in [0.25, 0.3) is 0 Å². The number of nitrogens with zero attached hydrogens (tertiary/aromatic N) is 3. The van der Waals surface area contributed by atoms with Gasteiger partial charge in [-0.2, -0.15) is 0 Å². The molecule has 0 saturated carbocycles. The minimum atomic E-state index is -0.652. The van der Waals surface area contributed by atoms with Crippen LogP contribution in [-0.2, 0) is 4.79 Å². The van der Waals surface area contributed by atoms with Crippen LogP contribution in [0.2, 0.25) is 5.02 Å². The predicted molar refractivity (Wildman–Crippen MR) is 150 cm³/mol. The maximum atomic E-state index is 14.5. The average Bonchev–Trinajstić information content (AvgIpc) is 3.33. The summed E-state index contributed by atoms with van der Waals surface area (Å²) in [5.74, 6) is 0.769. The monoisotopic (exact) mass is 564 g/mol. The normalized spacial score (nSPS) is 18.9. The SMILES string of the molecule is COc1ccc(C2=N[C@@H](c3cccc(F)c3)[C@@H](c3ccc(Cl)cc3)N2C(=O)N2CCNC(=O)C2)c(OC(C)C)c1. The van der Waals surface area contributed by atoms with Crippen molar-refractivity contribution in [3.8, 4) is 11.5 Å². The Labute approximate surface area is 237 Å². The molecular formula is C30H30ClFN4O4. The number of hydrogen-bond donors (Lipinski definition) is 1. The molecule has 1 N–H and O–H groups in total. The topological polar surface area (TPSA) is 83.5 Å². The number of methoxy groups -OCH3 is 1. The molecule has 3 amide bonds. The first-order chi connectivity index (χ1) is 19.2. The number of amidine groups is 1. The zero-order chi connectivity index (χ0) is 28.4. The number of amides is 3. The van der Waals surface area contributed by atoms with Crippen LogP contribution in [-0.4, -0.2) is 60.4 Å². The highest BCUT2D eigenvalue weighted by Crippen LogP contribution is 2.45.